The van der Waals surface area contributed by atoms with E-state index >= 15 is 0 Å². The molecule has 0 saturated carbocycles. The van der Waals surface area contributed by atoms with Gasteiger partial charge in [-0.25, -0.2) is 0 Å². The molecule has 0 rings (SSSR count). The van der Waals surface area contributed by atoms with Crippen LogP contribution in [0.1, 0.15) is 0 Å². The van der Waals surface area contributed by atoms with Crippen molar-refractivity contribution >= 4 is 0 Å². The average Bonchev–Trinajstić information content (AvgIpc) is 0. The van der Waals surface area contributed by atoms with Gasteiger partial charge in [-0.3, -0.25) is 0 Å². The van der Waals surface area contributed by atoms with Gasteiger partial charge in [-0.2, -0.15) is 0 Å². The first kappa shape index (κ1) is 68.6. The summed E-state index contributed by atoms with van der Waals surface area (Å²) in [6.45, 7) is 0. The molecular formula is CoCrFeIrNiPtRh. The second kappa shape index (κ2) is 50.5. The summed E-state index contributed by atoms with van der Waals surface area (Å²) >= 11 is 0. The smallest absolute Gasteiger partial charge is 0 e. The van der Waals surface area contributed by atoms with E-state index in [0.29, 0.717) is 0 Å². The molecule has 0 spiro atoms. The van der Waals surface area contributed by atoms with Gasteiger partial charge in [0.2, 0.25) is 0 Å². The summed E-state index contributed by atoms with van der Waals surface area (Å²) < 4.78 is 0. The van der Waals surface area contributed by atoms with Crippen molar-refractivity contribution in [2.24, 2.45) is 0 Å². The van der Waals surface area contributed by atoms with Crippen LogP contribution in [0.25, 0.3) is 0 Å². The molecule has 61 valence electrons. The van der Waals surface area contributed by atoms with Crippen molar-refractivity contribution in [3.8, 4) is 0 Å². The van der Waals surface area contributed by atoms with E-state index in [1.165, 1.54) is 0 Å². The fraction of sp³-hybridized carbons (Fsp3) is 0. The fourth-order valence-electron chi connectivity index (χ4n) is 0. The van der Waals surface area contributed by atoms with Gasteiger partial charge in [0.25, 0.3) is 0 Å². The van der Waals surface area contributed by atoms with E-state index in [1.54, 1.807) is 0 Å². The van der Waals surface area contributed by atoms with E-state index in [9.17, 15) is 0 Å². The number of rotatable bonds is 0. The molecule has 0 aromatic rings. The molecule has 0 aromatic carbocycles. The molecule has 0 nitrogen and oxygen atoms in total. The molecule has 0 amide bonds. The van der Waals surface area contributed by atoms with Crippen LogP contribution in [0.2, 0.25) is 0 Å². The summed E-state index contributed by atoms with van der Waals surface area (Å²) in [5.74, 6) is 0. The molecule has 0 saturated heterocycles. The third kappa shape index (κ3) is 39.9. The van der Waals surface area contributed by atoms with Gasteiger partial charge >= 0.3 is 0 Å². The van der Waals surface area contributed by atoms with E-state index in [-0.39, 0.29) is 128 Å². The van der Waals surface area contributed by atoms with Gasteiger partial charge < -0.3 is 0 Å². The largest absolute Gasteiger partial charge is 0 e. The molecule has 7 heavy (non-hydrogen) atoms. The first-order valence-electron chi connectivity index (χ1n) is 0. The Balaban J connectivity index is 0. The molecule has 7 heteroatoms. The van der Waals surface area contributed by atoms with Crippen molar-refractivity contribution in [2.45, 2.75) is 0 Å². The number of hydrogen-bond acceptors (Lipinski definition) is 0. The maximum absolute atomic E-state index is 0. The molecule has 0 N–H and O–H groups in total. The quantitative estimate of drug-likeness (QED) is 0.310. The summed E-state index contributed by atoms with van der Waals surface area (Å²) in [5.41, 5.74) is 0. The normalized spacial score (nSPS) is 0. The second-order valence-corrected chi connectivity index (χ2v) is 0. The predicted molar refractivity (Wildman–Crippen MR) is 0 cm³/mol. The van der Waals surface area contributed by atoms with E-state index in [2.05, 4.69) is 0 Å². The Morgan fingerprint density at radius 3 is 1.00 bits per heavy atom. The van der Waals surface area contributed by atoms with E-state index in [0.717, 1.165) is 0 Å². The van der Waals surface area contributed by atoms with Crippen molar-refractivity contribution in [1.29, 1.82) is 0 Å². The molecule has 0 bridgehead atoms. The Hall–Kier alpha value is 4.01. The van der Waals surface area contributed by atoms with E-state index < -0.39 is 0 Å². The van der Waals surface area contributed by atoms with Crippen LogP contribution in [0, 0.1) is 0 Å². The van der Waals surface area contributed by atoms with Gasteiger partial charge in [0.05, 0.1) is 0 Å². The van der Waals surface area contributed by atoms with Gasteiger partial charge in [0.1, 0.15) is 0 Å². The van der Waals surface area contributed by atoms with Crippen LogP contribution in [0.15, 0.2) is 0 Å². The van der Waals surface area contributed by atoms with Gasteiger partial charge in [-0.05, 0) is 0 Å². The molecule has 0 aliphatic carbocycles. The average molecular weight is 716 g/mol. The van der Waals surface area contributed by atoms with Crippen molar-refractivity contribution in [2.75, 3.05) is 0 Å². The minimum absolute atomic E-state index is 0. The van der Waals surface area contributed by atoms with E-state index in [1.807, 2.05) is 0 Å². The molecule has 0 fully saturated rings. The Morgan fingerprint density at radius 1 is 1.00 bits per heavy atom. The summed E-state index contributed by atoms with van der Waals surface area (Å²) in [6.07, 6.45) is 0. The maximum Gasteiger partial charge on any atom is 0 e. The van der Waals surface area contributed by atoms with Crippen molar-refractivity contribution in [1.82, 2.24) is 0 Å². The minimum Gasteiger partial charge on any atom is 0 e. The van der Waals surface area contributed by atoms with Gasteiger partial charge in [0.15, 0.2) is 0 Å². The SMILES string of the molecule is [Co].[Cr].[Fe].[Ir].[Ni].[Pt].[Rh]. The second-order valence-electron chi connectivity index (χ2n) is 0. The molecule has 0 atom stereocenters. The van der Waals surface area contributed by atoms with Gasteiger partial charge in [-0.1, -0.05) is 0 Å². The predicted octanol–water partition coefficient (Wildman–Crippen LogP) is -0.0175. The summed E-state index contributed by atoms with van der Waals surface area (Å²) in [7, 11) is 0. The van der Waals surface area contributed by atoms with Crippen LogP contribution < -0.4 is 0 Å². The summed E-state index contributed by atoms with van der Waals surface area (Å²) in [6, 6.07) is 0. The van der Waals surface area contributed by atoms with Gasteiger partial charge in [-0.15, -0.1) is 0 Å². The fourth-order valence-corrected chi connectivity index (χ4v) is 0. The third-order valence-corrected chi connectivity index (χ3v) is 0. The van der Waals surface area contributed by atoms with Gasteiger partial charge in [0, 0.05) is 128 Å². The molecular weight excluding hydrogens is 716 g/mol. The molecule has 0 aliphatic rings. The first-order chi connectivity index (χ1) is 0. The summed E-state index contributed by atoms with van der Waals surface area (Å²) in [5, 5.41) is 0. The third-order valence-electron chi connectivity index (χ3n) is 0. The Kier molecular flexibility index (Phi) is 495. The topological polar surface area (TPSA) is 0 Å². The maximum atomic E-state index is 0. The van der Waals surface area contributed by atoms with Crippen LogP contribution in [0.4, 0.5) is 0 Å². The zero-order valence-electron chi connectivity index (χ0n) is 2.39. The van der Waals surface area contributed by atoms with Crippen LogP contribution in [-0.4, -0.2) is 0 Å². The molecule has 3 radical (unpaired) electrons. The van der Waals surface area contributed by atoms with Crippen LogP contribution in [-0.2, 0) is 128 Å². The van der Waals surface area contributed by atoms with Crippen molar-refractivity contribution in [3.63, 3.8) is 0 Å². The minimum atomic E-state index is 0. The summed E-state index contributed by atoms with van der Waals surface area (Å²) in [4.78, 5) is 0. The molecule has 0 heterocycles. The standard InChI is InChI=1S/Co.Cr.Fe.Ir.Ni.Pt.Rh. The monoisotopic (exact) mass is 716 g/mol. The van der Waals surface area contributed by atoms with Crippen molar-refractivity contribution in [3.05, 3.63) is 0 Å². The van der Waals surface area contributed by atoms with E-state index in [4.69, 9.17) is 0 Å². The Morgan fingerprint density at radius 2 is 1.00 bits per heavy atom. The molecule has 0 aliphatic heterocycles. The van der Waals surface area contributed by atoms with Crippen LogP contribution in [0.3, 0.4) is 0 Å². The van der Waals surface area contributed by atoms with Crippen molar-refractivity contribution < 1.29 is 128 Å². The van der Waals surface area contributed by atoms with Crippen LogP contribution in [0.5, 0.6) is 0 Å². The molecule has 0 unspecified atom stereocenters. The zero-order valence-corrected chi connectivity index (χ0v) is 13.1. The Labute approximate surface area is 126 Å². The molecule has 0 aromatic heterocycles. The Bertz CT molecular complexity index is 19.7. The zero-order chi connectivity index (χ0) is 0. The van der Waals surface area contributed by atoms with Crippen LogP contribution >= 0.6 is 0 Å². The number of hydrogen-bond donors (Lipinski definition) is 0. The first-order valence-corrected chi connectivity index (χ1v) is 0.